The summed E-state index contributed by atoms with van der Waals surface area (Å²) in [6.07, 6.45) is 0. The van der Waals surface area contributed by atoms with E-state index in [9.17, 15) is 0 Å². The van der Waals surface area contributed by atoms with Crippen molar-refractivity contribution >= 4 is 5.69 Å². The van der Waals surface area contributed by atoms with Crippen LogP contribution in [-0.2, 0) is 6.54 Å². The van der Waals surface area contributed by atoms with Gasteiger partial charge < -0.3 is 10.6 Å². The molecule has 2 N–H and O–H groups in total. The largest absolute Gasteiger partial charge is 0.384 e. The van der Waals surface area contributed by atoms with Gasteiger partial charge in [-0.25, -0.2) is 0 Å². The molecule has 2 nitrogen and oxygen atoms in total. The van der Waals surface area contributed by atoms with Crippen molar-refractivity contribution in [3.05, 3.63) is 65.7 Å². The van der Waals surface area contributed by atoms with E-state index in [1.54, 1.807) is 0 Å². The van der Waals surface area contributed by atoms with E-state index in [4.69, 9.17) is 0 Å². The van der Waals surface area contributed by atoms with Crippen molar-refractivity contribution in [2.75, 3.05) is 18.4 Å². The third-order valence-corrected chi connectivity index (χ3v) is 2.93. The molecule has 0 aromatic heterocycles. The van der Waals surface area contributed by atoms with Crippen LogP contribution in [0, 0.1) is 6.92 Å². The fourth-order valence-electron chi connectivity index (χ4n) is 1.89. The maximum absolute atomic E-state index is 3.44. The van der Waals surface area contributed by atoms with Gasteiger partial charge in [0.25, 0.3) is 0 Å². The minimum atomic E-state index is 0.927. The zero-order valence-electron chi connectivity index (χ0n) is 10.8. The summed E-state index contributed by atoms with van der Waals surface area (Å²) in [6, 6.07) is 18.8. The van der Waals surface area contributed by atoms with Gasteiger partial charge in [0.2, 0.25) is 0 Å². The molecule has 0 heterocycles. The predicted molar refractivity (Wildman–Crippen MR) is 77.8 cm³/mol. The second kappa shape index (κ2) is 6.82. The molecule has 2 rings (SSSR count). The van der Waals surface area contributed by atoms with Crippen LogP contribution < -0.4 is 10.6 Å². The normalized spacial score (nSPS) is 10.3. The molecular formula is C16H20N2. The van der Waals surface area contributed by atoms with Crippen molar-refractivity contribution < 1.29 is 0 Å². The molecule has 0 aliphatic rings. The van der Waals surface area contributed by atoms with Crippen LogP contribution in [-0.4, -0.2) is 13.1 Å². The highest BCUT2D eigenvalue weighted by atomic mass is 14.9. The van der Waals surface area contributed by atoms with Crippen LogP contribution in [0.4, 0.5) is 5.69 Å². The fourth-order valence-corrected chi connectivity index (χ4v) is 1.89. The van der Waals surface area contributed by atoms with Crippen LogP contribution in [0.2, 0.25) is 0 Å². The molecule has 2 aromatic carbocycles. The Balaban J connectivity index is 1.66. The van der Waals surface area contributed by atoms with Gasteiger partial charge in [-0.3, -0.25) is 0 Å². The van der Waals surface area contributed by atoms with Gasteiger partial charge >= 0.3 is 0 Å². The molecule has 18 heavy (non-hydrogen) atoms. The van der Waals surface area contributed by atoms with E-state index in [2.05, 4.69) is 66.1 Å². The summed E-state index contributed by atoms with van der Waals surface area (Å²) < 4.78 is 0. The monoisotopic (exact) mass is 240 g/mol. The van der Waals surface area contributed by atoms with Crippen molar-refractivity contribution in [3.63, 3.8) is 0 Å². The second-order valence-electron chi connectivity index (χ2n) is 4.40. The van der Waals surface area contributed by atoms with Gasteiger partial charge in [-0.2, -0.15) is 0 Å². The smallest absolute Gasteiger partial charge is 0.0370 e. The highest BCUT2D eigenvalue weighted by molar-refractivity contribution is 5.50. The molecule has 0 fully saturated rings. The molecule has 0 bridgehead atoms. The molecule has 0 saturated heterocycles. The fraction of sp³-hybridized carbons (Fsp3) is 0.250. The highest BCUT2D eigenvalue weighted by Gasteiger charge is 1.95. The number of benzene rings is 2. The van der Waals surface area contributed by atoms with Gasteiger partial charge in [0.1, 0.15) is 0 Å². The van der Waals surface area contributed by atoms with E-state index in [-0.39, 0.29) is 0 Å². The highest BCUT2D eigenvalue weighted by Crippen LogP contribution is 2.12. The Labute approximate surface area is 109 Å². The van der Waals surface area contributed by atoms with E-state index >= 15 is 0 Å². The zero-order chi connectivity index (χ0) is 12.6. The molecule has 0 unspecified atom stereocenters. The Bertz CT molecular complexity index is 466. The summed E-state index contributed by atoms with van der Waals surface area (Å²) in [5.41, 5.74) is 3.84. The van der Waals surface area contributed by atoms with E-state index < -0.39 is 0 Å². The van der Waals surface area contributed by atoms with Crippen molar-refractivity contribution in [3.8, 4) is 0 Å². The number of para-hydroxylation sites is 1. The first-order valence-corrected chi connectivity index (χ1v) is 6.40. The molecule has 2 heteroatoms. The lowest BCUT2D eigenvalue weighted by molar-refractivity contribution is 0.707. The molecular weight excluding hydrogens is 220 g/mol. The second-order valence-corrected chi connectivity index (χ2v) is 4.40. The molecule has 2 aromatic rings. The van der Waals surface area contributed by atoms with Crippen molar-refractivity contribution in [1.29, 1.82) is 0 Å². The zero-order valence-corrected chi connectivity index (χ0v) is 10.8. The molecule has 0 saturated carbocycles. The van der Waals surface area contributed by atoms with Crippen LogP contribution >= 0.6 is 0 Å². The lowest BCUT2D eigenvalue weighted by Gasteiger charge is -2.10. The van der Waals surface area contributed by atoms with E-state index in [1.807, 2.05) is 6.07 Å². The van der Waals surface area contributed by atoms with Crippen LogP contribution in [0.1, 0.15) is 11.1 Å². The van der Waals surface area contributed by atoms with E-state index in [0.29, 0.717) is 0 Å². The van der Waals surface area contributed by atoms with Crippen LogP contribution in [0.25, 0.3) is 0 Å². The van der Waals surface area contributed by atoms with Gasteiger partial charge in [0, 0.05) is 25.3 Å². The van der Waals surface area contributed by atoms with Crippen molar-refractivity contribution in [1.82, 2.24) is 5.32 Å². The van der Waals surface area contributed by atoms with E-state index in [0.717, 1.165) is 19.6 Å². The first-order chi connectivity index (χ1) is 8.86. The number of rotatable bonds is 6. The SMILES string of the molecule is Cc1ccccc1NCCNCc1ccccc1. The summed E-state index contributed by atoms with van der Waals surface area (Å²) in [4.78, 5) is 0. The first-order valence-electron chi connectivity index (χ1n) is 6.40. The third-order valence-electron chi connectivity index (χ3n) is 2.93. The minimum Gasteiger partial charge on any atom is -0.384 e. The molecule has 0 amide bonds. The van der Waals surface area contributed by atoms with Crippen molar-refractivity contribution in [2.45, 2.75) is 13.5 Å². The Morgan fingerprint density at radius 3 is 2.33 bits per heavy atom. The standard InChI is InChI=1S/C16H20N2/c1-14-7-5-6-10-16(14)18-12-11-17-13-15-8-3-2-4-9-15/h2-10,17-18H,11-13H2,1H3. The average molecular weight is 240 g/mol. The van der Waals surface area contributed by atoms with Gasteiger partial charge in [0.05, 0.1) is 0 Å². The van der Waals surface area contributed by atoms with Crippen LogP contribution in [0.5, 0.6) is 0 Å². The van der Waals surface area contributed by atoms with Gasteiger partial charge in [-0.05, 0) is 24.1 Å². The number of anilines is 1. The molecule has 0 radical (unpaired) electrons. The molecule has 0 aliphatic carbocycles. The van der Waals surface area contributed by atoms with Gasteiger partial charge in [0.15, 0.2) is 0 Å². The maximum Gasteiger partial charge on any atom is 0.0370 e. The molecule has 94 valence electrons. The minimum absolute atomic E-state index is 0.927. The number of hydrogen-bond acceptors (Lipinski definition) is 2. The predicted octanol–water partition coefficient (Wildman–Crippen LogP) is 3.20. The van der Waals surface area contributed by atoms with Crippen LogP contribution in [0.3, 0.4) is 0 Å². The molecule has 0 atom stereocenters. The lowest BCUT2D eigenvalue weighted by atomic mass is 10.2. The Kier molecular flexibility index (Phi) is 4.79. The third kappa shape index (κ3) is 3.90. The lowest BCUT2D eigenvalue weighted by Crippen LogP contribution is -2.21. The number of nitrogens with one attached hydrogen (secondary N) is 2. The average Bonchev–Trinajstić information content (AvgIpc) is 2.42. The van der Waals surface area contributed by atoms with Crippen LogP contribution in [0.15, 0.2) is 54.6 Å². The Morgan fingerprint density at radius 1 is 0.833 bits per heavy atom. The number of hydrogen-bond donors (Lipinski definition) is 2. The summed E-state index contributed by atoms with van der Waals surface area (Å²) >= 11 is 0. The number of aryl methyl sites for hydroxylation is 1. The van der Waals surface area contributed by atoms with Crippen molar-refractivity contribution in [2.24, 2.45) is 0 Å². The Hall–Kier alpha value is -1.80. The quantitative estimate of drug-likeness (QED) is 0.758. The summed E-state index contributed by atoms with van der Waals surface area (Å²) in [7, 11) is 0. The molecule has 0 spiro atoms. The maximum atomic E-state index is 3.44. The van der Waals surface area contributed by atoms with Gasteiger partial charge in [-0.15, -0.1) is 0 Å². The summed E-state index contributed by atoms with van der Waals surface area (Å²) in [6.45, 7) is 4.96. The summed E-state index contributed by atoms with van der Waals surface area (Å²) in [5.74, 6) is 0. The van der Waals surface area contributed by atoms with Gasteiger partial charge in [-0.1, -0.05) is 48.5 Å². The molecule has 0 aliphatic heterocycles. The van der Waals surface area contributed by atoms with E-state index in [1.165, 1.54) is 16.8 Å². The topological polar surface area (TPSA) is 24.1 Å². The first kappa shape index (κ1) is 12.7. The summed E-state index contributed by atoms with van der Waals surface area (Å²) in [5, 5.41) is 6.87. The Morgan fingerprint density at radius 2 is 1.56 bits per heavy atom.